The molecule has 0 heterocycles. The van der Waals surface area contributed by atoms with Crippen molar-refractivity contribution in [2.45, 2.75) is 64.6 Å². The molecule has 0 bridgehead atoms. The first kappa shape index (κ1) is 14.9. The first-order valence-electron chi connectivity index (χ1n) is 8.99. The van der Waals surface area contributed by atoms with Crippen molar-refractivity contribution in [3.63, 3.8) is 0 Å². The van der Waals surface area contributed by atoms with Crippen LogP contribution in [0.25, 0.3) is 0 Å². The van der Waals surface area contributed by atoms with Crippen LogP contribution in [0.5, 0.6) is 0 Å². The summed E-state index contributed by atoms with van der Waals surface area (Å²) in [7, 11) is 0. The standard InChI is InChI=1S/C19H29NO2/c1-18-7-5-12(21)9-11(18)10-15(20)17-13-3-4-16(22)19(13,2)8-6-14(17)18/h5,7,11-14,16-17,20-22H,3-4,6,8-10H2,1-2H3/t11?,12?,13-,14+,16?,17?,18-,19-/m0/s1. The number of hydrogen-bond donors (Lipinski definition) is 3. The van der Waals surface area contributed by atoms with Crippen LogP contribution in [0, 0.1) is 39.9 Å². The van der Waals surface area contributed by atoms with Gasteiger partial charge < -0.3 is 15.6 Å². The van der Waals surface area contributed by atoms with Gasteiger partial charge in [0.25, 0.3) is 0 Å². The maximum absolute atomic E-state index is 10.5. The van der Waals surface area contributed by atoms with Crippen LogP contribution >= 0.6 is 0 Å². The monoisotopic (exact) mass is 303 g/mol. The third-order valence-corrected chi connectivity index (χ3v) is 7.97. The van der Waals surface area contributed by atoms with Gasteiger partial charge >= 0.3 is 0 Å². The molecule has 0 radical (unpaired) electrons. The average molecular weight is 303 g/mol. The average Bonchev–Trinajstić information content (AvgIpc) is 2.77. The minimum Gasteiger partial charge on any atom is -0.393 e. The Morgan fingerprint density at radius 1 is 1.14 bits per heavy atom. The Kier molecular flexibility index (Phi) is 3.16. The van der Waals surface area contributed by atoms with E-state index in [0.29, 0.717) is 23.7 Å². The van der Waals surface area contributed by atoms with Crippen molar-refractivity contribution >= 4 is 5.71 Å². The maximum Gasteiger partial charge on any atom is 0.0724 e. The molecule has 4 rings (SSSR count). The van der Waals surface area contributed by atoms with Crippen molar-refractivity contribution in [2.75, 3.05) is 0 Å². The number of fused-ring (bicyclic) bond motifs is 5. The predicted octanol–water partition coefficient (Wildman–Crippen LogP) is 3.16. The van der Waals surface area contributed by atoms with Crippen molar-refractivity contribution in [3.05, 3.63) is 12.2 Å². The van der Waals surface area contributed by atoms with E-state index >= 15 is 0 Å². The molecule has 8 atom stereocenters. The molecule has 0 aromatic rings. The quantitative estimate of drug-likeness (QED) is 0.602. The van der Waals surface area contributed by atoms with Crippen LogP contribution < -0.4 is 0 Å². The summed E-state index contributed by atoms with van der Waals surface area (Å²) in [4.78, 5) is 0. The Morgan fingerprint density at radius 3 is 2.68 bits per heavy atom. The molecule has 3 N–H and O–H groups in total. The summed E-state index contributed by atoms with van der Waals surface area (Å²) in [5.41, 5.74) is 1.05. The first-order valence-corrected chi connectivity index (χ1v) is 8.99. The van der Waals surface area contributed by atoms with Crippen LogP contribution in [-0.4, -0.2) is 28.1 Å². The molecule has 0 aromatic carbocycles. The molecule has 3 nitrogen and oxygen atoms in total. The van der Waals surface area contributed by atoms with Gasteiger partial charge in [0, 0.05) is 11.6 Å². The minimum absolute atomic E-state index is 0.0224. The summed E-state index contributed by atoms with van der Waals surface area (Å²) >= 11 is 0. The lowest BCUT2D eigenvalue weighted by atomic mass is 9.46. The molecular formula is C19H29NO2. The van der Waals surface area contributed by atoms with Crippen LogP contribution in [0.2, 0.25) is 0 Å². The third-order valence-electron chi connectivity index (χ3n) is 7.97. The summed E-state index contributed by atoms with van der Waals surface area (Å²) in [6, 6.07) is 0. The summed E-state index contributed by atoms with van der Waals surface area (Å²) in [5.74, 6) is 1.76. The van der Waals surface area contributed by atoms with E-state index in [1.54, 1.807) is 0 Å². The molecule has 0 aliphatic heterocycles. The van der Waals surface area contributed by atoms with E-state index in [2.05, 4.69) is 19.9 Å². The van der Waals surface area contributed by atoms with Crippen molar-refractivity contribution in [3.8, 4) is 0 Å². The first-order chi connectivity index (χ1) is 10.4. The van der Waals surface area contributed by atoms with Gasteiger partial charge in [0.05, 0.1) is 12.2 Å². The van der Waals surface area contributed by atoms with Crippen molar-refractivity contribution in [2.24, 2.45) is 34.5 Å². The van der Waals surface area contributed by atoms with Gasteiger partial charge in [0.2, 0.25) is 0 Å². The third kappa shape index (κ3) is 1.78. The topological polar surface area (TPSA) is 64.3 Å². The number of allylic oxidation sites excluding steroid dienone is 1. The van der Waals surface area contributed by atoms with Gasteiger partial charge in [-0.2, -0.15) is 0 Å². The van der Waals surface area contributed by atoms with E-state index in [-0.39, 0.29) is 23.0 Å². The Hall–Kier alpha value is -0.670. The summed E-state index contributed by atoms with van der Waals surface area (Å²) in [5, 5.41) is 29.2. The number of nitrogens with one attached hydrogen (secondary N) is 1. The Morgan fingerprint density at radius 2 is 1.91 bits per heavy atom. The van der Waals surface area contributed by atoms with Crippen molar-refractivity contribution in [1.82, 2.24) is 0 Å². The van der Waals surface area contributed by atoms with Gasteiger partial charge in [-0.05, 0) is 67.1 Å². The van der Waals surface area contributed by atoms with Gasteiger partial charge in [-0.3, -0.25) is 0 Å². The Balaban J connectivity index is 1.73. The summed E-state index contributed by atoms with van der Waals surface area (Å²) in [6.45, 7) is 4.62. The second-order valence-electron chi connectivity index (χ2n) is 8.83. The lowest BCUT2D eigenvalue weighted by Crippen LogP contribution is -2.56. The number of hydrogen-bond acceptors (Lipinski definition) is 3. The molecule has 22 heavy (non-hydrogen) atoms. The molecule has 0 aromatic heterocycles. The molecular weight excluding hydrogens is 274 g/mol. The molecule has 3 saturated carbocycles. The Labute approximate surface area is 133 Å². The normalized spacial score (nSPS) is 57.2. The molecule has 4 unspecified atom stereocenters. The van der Waals surface area contributed by atoms with Gasteiger partial charge in [-0.1, -0.05) is 26.0 Å². The highest BCUT2D eigenvalue weighted by Gasteiger charge is 2.60. The SMILES string of the molecule is C[C@]12C=CC(O)CC1CC(=N)C1[C@H]2CC[C@]2(C)C(O)CC[C@@H]12. The van der Waals surface area contributed by atoms with Crippen molar-refractivity contribution < 1.29 is 10.2 Å². The second-order valence-corrected chi connectivity index (χ2v) is 8.83. The largest absolute Gasteiger partial charge is 0.393 e. The highest BCUT2D eigenvalue weighted by atomic mass is 16.3. The van der Waals surface area contributed by atoms with E-state index < -0.39 is 0 Å². The van der Waals surface area contributed by atoms with Crippen molar-refractivity contribution in [1.29, 1.82) is 5.41 Å². The van der Waals surface area contributed by atoms with Crippen LogP contribution in [0.15, 0.2) is 12.2 Å². The van der Waals surface area contributed by atoms with E-state index in [9.17, 15) is 10.2 Å². The molecule has 122 valence electrons. The molecule has 0 amide bonds. The molecule has 0 spiro atoms. The van der Waals surface area contributed by atoms with Crippen LogP contribution in [-0.2, 0) is 0 Å². The van der Waals surface area contributed by atoms with Crippen LogP contribution in [0.1, 0.15) is 52.4 Å². The molecule has 4 aliphatic rings. The van der Waals surface area contributed by atoms with Crippen LogP contribution in [0.4, 0.5) is 0 Å². The van der Waals surface area contributed by atoms with Crippen LogP contribution in [0.3, 0.4) is 0 Å². The lowest BCUT2D eigenvalue weighted by molar-refractivity contribution is -0.0620. The zero-order chi connectivity index (χ0) is 15.7. The fourth-order valence-electron chi connectivity index (χ4n) is 6.51. The number of aliphatic hydroxyl groups excluding tert-OH is 2. The van der Waals surface area contributed by atoms with Gasteiger partial charge in [0.15, 0.2) is 0 Å². The van der Waals surface area contributed by atoms with E-state index in [1.165, 1.54) is 0 Å². The highest BCUT2D eigenvalue weighted by Crippen LogP contribution is 2.64. The fraction of sp³-hybridized carbons (Fsp3) is 0.842. The maximum atomic E-state index is 10.5. The minimum atomic E-state index is -0.329. The van der Waals surface area contributed by atoms with E-state index in [1.807, 2.05) is 6.08 Å². The Bertz CT molecular complexity index is 530. The highest BCUT2D eigenvalue weighted by molar-refractivity contribution is 5.86. The fourth-order valence-corrected chi connectivity index (χ4v) is 6.51. The van der Waals surface area contributed by atoms with Gasteiger partial charge in [-0.25, -0.2) is 0 Å². The predicted molar refractivity (Wildman–Crippen MR) is 86.8 cm³/mol. The lowest BCUT2D eigenvalue weighted by Gasteiger charge is -2.59. The summed E-state index contributed by atoms with van der Waals surface area (Å²) < 4.78 is 0. The molecule has 4 aliphatic carbocycles. The second kappa shape index (κ2) is 4.67. The van der Waals surface area contributed by atoms with E-state index in [4.69, 9.17) is 5.41 Å². The number of rotatable bonds is 0. The molecule has 0 saturated heterocycles. The molecule has 3 fully saturated rings. The summed E-state index contributed by atoms with van der Waals surface area (Å²) in [6.07, 6.45) is 9.58. The van der Waals surface area contributed by atoms with E-state index in [0.717, 1.165) is 44.2 Å². The zero-order valence-corrected chi connectivity index (χ0v) is 13.8. The number of aliphatic hydroxyl groups is 2. The van der Waals surface area contributed by atoms with Gasteiger partial charge in [0.1, 0.15) is 0 Å². The smallest absolute Gasteiger partial charge is 0.0724 e. The molecule has 3 heteroatoms. The van der Waals surface area contributed by atoms with Gasteiger partial charge in [-0.15, -0.1) is 0 Å². The zero-order valence-electron chi connectivity index (χ0n) is 13.8.